The summed E-state index contributed by atoms with van der Waals surface area (Å²) in [6.07, 6.45) is 7.79. The van der Waals surface area contributed by atoms with Crippen LogP contribution >= 0.6 is 0 Å². The number of hydrogen-bond acceptors (Lipinski definition) is 1. The average Bonchev–Trinajstić information content (AvgIpc) is 2.98. The van der Waals surface area contributed by atoms with Crippen molar-refractivity contribution in [3.63, 3.8) is 0 Å². The fourth-order valence-electron chi connectivity index (χ4n) is 5.01. The summed E-state index contributed by atoms with van der Waals surface area (Å²) in [6.45, 7) is 18.6. The Balaban J connectivity index is 2.85. The van der Waals surface area contributed by atoms with Gasteiger partial charge >= 0.3 is 0 Å². The van der Waals surface area contributed by atoms with Gasteiger partial charge in [-0.1, -0.05) is 52.8 Å². The van der Waals surface area contributed by atoms with E-state index >= 15 is 0 Å². The summed E-state index contributed by atoms with van der Waals surface area (Å²) in [5, 5.41) is 0. The zero-order valence-electron chi connectivity index (χ0n) is 16.5. The van der Waals surface area contributed by atoms with Crippen LogP contribution in [0.15, 0.2) is 46.1 Å². The van der Waals surface area contributed by atoms with Gasteiger partial charge in [-0.15, -0.1) is 0 Å². The van der Waals surface area contributed by atoms with Gasteiger partial charge in [-0.05, 0) is 66.9 Å². The van der Waals surface area contributed by atoms with Crippen LogP contribution in [0, 0.1) is 17.3 Å². The summed E-state index contributed by atoms with van der Waals surface area (Å²) >= 11 is 0. The lowest BCUT2D eigenvalue weighted by molar-refractivity contribution is -0.0750. The molecule has 128 valence electrons. The SMILES string of the molecule is COC1(C)C(C(C)C)=C(C)C(C)=C(C2=CC=CC2)C1(C)C(C)C. The van der Waals surface area contributed by atoms with Gasteiger partial charge in [-0.25, -0.2) is 0 Å². The Bertz CT molecular complexity index is 612. The Morgan fingerprint density at radius 2 is 1.65 bits per heavy atom. The van der Waals surface area contributed by atoms with Crippen molar-refractivity contribution in [2.75, 3.05) is 7.11 Å². The normalized spacial score (nSPS) is 31.7. The molecule has 0 aromatic rings. The molecule has 0 aromatic carbocycles. The molecule has 2 aliphatic rings. The molecule has 2 unspecified atom stereocenters. The maximum Gasteiger partial charge on any atom is 0.0963 e. The van der Waals surface area contributed by atoms with Crippen LogP contribution in [0.3, 0.4) is 0 Å². The molecule has 2 atom stereocenters. The van der Waals surface area contributed by atoms with Gasteiger partial charge in [0, 0.05) is 12.5 Å². The average molecular weight is 315 g/mol. The summed E-state index contributed by atoms with van der Waals surface area (Å²) in [7, 11) is 1.88. The van der Waals surface area contributed by atoms with Gasteiger partial charge in [0.15, 0.2) is 0 Å². The Morgan fingerprint density at radius 3 is 2.04 bits per heavy atom. The summed E-state index contributed by atoms with van der Waals surface area (Å²) < 4.78 is 6.30. The number of methoxy groups -OCH3 is 1. The molecule has 2 rings (SSSR count). The number of allylic oxidation sites excluding steroid dienone is 6. The quantitative estimate of drug-likeness (QED) is 0.596. The molecule has 0 saturated heterocycles. The topological polar surface area (TPSA) is 9.23 Å². The Labute approximate surface area is 143 Å². The molecular formula is C22H34O. The van der Waals surface area contributed by atoms with Gasteiger partial charge in [0.25, 0.3) is 0 Å². The van der Waals surface area contributed by atoms with Crippen molar-refractivity contribution in [2.45, 2.75) is 67.4 Å². The van der Waals surface area contributed by atoms with E-state index in [0.717, 1.165) is 6.42 Å². The molecule has 23 heavy (non-hydrogen) atoms. The van der Waals surface area contributed by atoms with E-state index in [4.69, 9.17) is 4.74 Å². The van der Waals surface area contributed by atoms with Crippen LogP contribution in [-0.2, 0) is 4.74 Å². The largest absolute Gasteiger partial charge is 0.373 e. The van der Waals surface area contributed by atoms with Crippen molar-refractivity contribution < 1.29 is 4.74 Å². The highest BCUT2D eigenvalue weighted by Crippen LogP contribution is 2.59. The monoisotopic (exact) mass is 314 g/mol. The minimum absolute atomic E-state index is 0.0389. The maximum absolute atomic E-state index is 6.30. The second kappa shape index (κ2) is 6.09. The lowest BCUT2D eigenvalue weighted by Crippen LogP contribution is -2.55. The van der Waals surface area contributed by atoms with Crippen LogP contribution in [-0.4, -0.2) is 12.7 Å². The summed E-state index contributed by atoms with van der Waals surface area (Å²) in [4.78, 5) is 0. The van der Waals surface area contributed by atoms with E-state index in [1.807, 2.05) is 7.11 Å². The van der Waals surface area contributed by atoms with Gasteiger partial charge in [-0.2, -0.15) is 0 Å². The molecule has 0 aliphatic heterocycles. The molecule has 1 nitrogen and oxygen atoms in total. The molecule has 0 fully saturated rings. The van der Waals surface area contributed by atoms with Crippen molar-refractivity contribution in [1.82, 2.24) is 0 Å². The van der Waals surface area contributed by atoms with Crippen molar-refractivity contribution in [3.8, 4) is 0 Å². The zero-order valence-corrected chi connectivity index (χ0v) is 16.5. The maximum atomic E-state index is 6.30. The summed E-state index contributed by atoms with van der Waals surface area (Å²) in [5.74, 6) is 0.964. The summed E-state index contributed by atoms with van der Waals surface area (Å²) in [5.41, 5.74) is 6.98. The standard InChI is InChI=1S/C22H34O/c1-14(2)19-16(5)17(6)20(18-12-10-11-13-18)21(7,15(3)4)22(19,8)23-9/h10-12,14-15H,13H2,1-9H3. The molecule has 0 amide bonds. The first-order valence-electron chi connectivity index (χ1n) is 8.97. The van der Waals surface area contributed by atoms with Crippen LogP contribution in [0.5, 0.6) is 0 Å². The molecule has 0 heterocycles. The highest BCUT2D eigenvalue weighted by Gasteiger charge is 2.56. The van der Waals surface area contributed by atoms with E-state index in [-0.39, 0.29) is 11.0 Å². The molecule has 0 bridgehead atoms. The fraction of sp³-hybridized carbons (Fsp3) is 0.636. The first-order valence-corrected chi connectivity index (χ1v) is 8.97. The third kappa shape index (κ3) is 2.39. The molecule has 0 aromatic heterocycles. The van der Waals surface area contributed by atoms with Crippen LogP contribution in [0.25, 0.3) is 0 Å². The first kappa shape index (κ1) is 18.3. The van der Waals surface area contributed by atoms with Crippen molar-refractivity contribution in [2.24, 2.45) is 17.3 Å². The Kier molecular flexibility index (Phi) is 4.84. The molecule has 1 heteroatoms. The van der Waals surface area contributed by atoms with Gasteiger partial charge in [0.2, 0.25) is 0 Å². The molecule has 0 spiro atoms. The number of hydrogen-bond donors (Lipinski definition) is 0. The lowest BCUT2D eigenvalue weighted by atomic mass is 9.52. The molecular weight excluding hydrogens is 280 g/mol. The van der Waals surface area contributed by atoms with Crippen LogP contribution in [0.2, 0.25) is 0 Å². The van der Waals surface area contributed by atoms with Crippen molar-refractivity contribution >= 4 is 0 Å². The van der Waals surface area contributed by atoms with E-state index in [0.29, 0.717) is 11.8 Å². The fourth-order valence-corrected chi connectivity index (χ4v) is 5.01. The van der Waals surface area contributed by atoms with Gasteiger partial charge in [-0.3, -0.25) is 0 Å². The second-order valence-corrected chi connectivity index (χ2v) is 8.11. The molecule has 0 saturated carbocycles. The summed E-state index contributed by atoms with van der Waals surface area (Å²) in [6, 6.07) is 0. The van der Waals surface area contributed by atoms with E-state index in [1.165, 1.54) is 27.9 Å². The van der Waals surface area contributed by atoms with Crippen molar-refractivity contribution in [3.05, 3.63) is 46.1 Å². The molecule has 0 N–H and O–H groups in total. The van der Waals surface area contributed by atoms with E-state index in [1.54, 1.807) is 0 Å². The smallest absolute Gasteiger partial charge is 0.0963 e. The van der Waals surface area contributed by atoms with Crippen LogP contribution < -0.4 is 0 Å². The first-order chi connectivity index (χ1) is 10.6. The predicted octanol–water partition coefficient (Wildman–Crippen LogP) is 6.24. The minimum Gasteiger partial charge on any atom is -0.373 e. The zero-order chi connectivity index (χ0) is 17.6. The highest BCUT2D eigenvalue weighted by molar-refractivity contribution is 5.58. The second-order valence-electron chi connectivity index (χ2n) is 8.11. The van der Waals surface area contributed by atoms with E-state index < -0.39 is 0 Å². The van der Waals surface area contributed by atoms with Crippen LogP contribution in [0.4, 0.5) is 0 Å². The van der Waals surface area contributed by atoms with E-state index in [9.17, 15) is 0 Å². The highest BCUT2D eigenvalue weighted by atomic mass is 16.5. The van der Waals surface area contributed by atoms with Gasteiger partial charge < -0.3 is 4.74 Å². The van der Waals surface area contributed by atoms with Crippen LogP contribution in [0.1, 0.15) is 61.8 Å². The Morgan fingerprint density at radius 1 is 1.04 bits per heavy atom. The van der Waals surface area contributed by atoms with E-state index in [2.05, 4.69) is 73.6 Å². The minimum atomic E-state index is -0.280. The lowest BCUT2D eigenvalue weighted by Gasteiger charge is -2.56. The Hall–Kier alpha value is -1.08. The van der Waals surface area contributed by atoms with Gasteiger partial charge in [0.05, 0.1) is 5.60 Å². The molecule has 2 aliphatic carbocycles. The van der Waals surface area contributed by atoms with Gasteiger partial charge in [0.1, 0.15) is 0 Å². The predicted molar refractivity (Wildman–Crippen MR) is 100 cm³/mol. The van der Waals surface area contributed by atoms with Crippen molar-refractivity contribution in [1.29, 1.82) is 0 Å². The number of rotatable bonds is 4. The third-order valence-corrected chi connectivity index (χ3v) is 6.60. The molecule has 0 radical (unpaired) electrons. The number of ether oxygens (including phenoxy) is 1. The third-order valence-electron chi connectivity index (χ3n) is 6.60.